The molecule has 0 atom stereocenters. The Bertz CT molecular complexity index is 1580. The molecule has 0 amide bonds. The Morgan fingerprint density at radius 1 is 0.474 bits per heavy atom. The van der Waals surface area contributed by atoms with Crippen molar-refractivity contribution in [3.8, 4) is 0 Å². The van der Waals surface area contributed by atoms with Crippen LogP contribution in [0.4, 0.5) is 11.4 Å². The van der Waals surface area contributed by atoms with E-state index in [4.69, 9.17) is 11.5 Å². The van der Waals surface area contributed by atoms with Crippen LogP contribution in [0.2, 0.25) is 0 Å². The van der Waals surface area contributed by atoms with Crippen molar-refractivity contribution in [3.63, 3.8) is 0 Å². The topological polar surface area (TPSA) is 89.6 Å². The minimum Gasteiger partial charge on any atom is -0.383 e. The smallest absolute Gasteiger partial charge is 0.131 e. The molecule has 0 aliphatic heterocycles. The van der Waals surface area contributed by atoms with Gasteiger partial charge in [0.1, 0.15) is 11.7 Å². The third kappa shape index (κ3) is 5.74. The molecular formula is C33H27N5. The van der Waals surface area contributed by atoms with Crippen LogP contribution in [0.1, 0.15) is 11.1 Å². The van der Waals surface area contributed by atoms with Crippen molar-refractivity contribution in [2.75, 3.05) is 0 Å². The standard InChI is InChI=1S/C17H14N2.C16H13N3/c18-17(14-8-2-1-3-9-14)19-16-12-6-10-13-7-4-5-11-15(13)16;17-16(12-5-2-1-3-6-12)19-15-8-4-7-13-11-18-10-9-14(13)15/h1-12H,(H2,18,19);1-11H,(H2,17,19). The summed E-state index contributed by atoms with van der Waals surface area (Å²) in [6, 6.07) is 41.7. The normalized spacial score (nSPS) is 11.7. The minimum atomic E-state index is 0.518. The largest absolute Gasteiger partial charge is 0.383 e. The number of hydrogen-bond acceptors (Lipinski definition) is 3. The average molecular weight is 494 g/mol. The summed E-state index contributed by atoms with van der Waals surface area (Å²) in [4.78, 5) is 13.2. The van der Waals surface area contributed by atoms with Gasteiger partial charge in [0.05, 0.1) is 11.4 Å². The van der Waals surface area contributed by atoms with Crippen LogP contribution in [0, 0.1) is 0 Å². The van der Waals surface area contributed by atoms with Crippen molar-refractivity contribution in [1.29, 1.82) is 0 Å². The van der Waals surface area contributed by atoms with Gasteiger partial charge in [-0.2, -0.15) is 0 Å². The Morgan fingerprint density at radius 3 is 1.55 bits per heavy atom. The molecule has 0 saturated carbocycles. The third-order valence-electron chi connectivity index (χ3n) is 6.05. The van der Waals surface area contributed by atoms with E-state index in [0.717, 1.165) is 38.7 Å². The number of hydrogen-bond donors (Lipinski definition) is 2. The van der Waals surface area contributed by atoms with Crippen LogP contribution in [-0.4, -0.2) is 16.7 Å². The van der Waals surface area contributed by atoms with Gasteiger partial charge in [-0.05, 0) is 23.6 Å². The van der Waals surface area contributed by atoms with Crippen LogP contribution in [0.15, 0.2) is 150 Å². The molecule has 6 aromatic rings. The SMILES string of the molecule is NC(=Nc1cccc2ccccc12)c1ccccc1.NC(=Nc1cccc2cnccc12)c1ccccc1. The first-order valence-electron chi connectivity index (χ1n) is 12.3. The van der Waals surface area contributed by atoms with Gasteiger partial charge in [0.25, 0.3) is 0 Å². The van der Waals surface area contributed by atoms with E-state index in [1.165, 1.54) is 5.39 Å². The van der Waals surface area contributed by atoms with Crippen LogP contribution < -0.4 is 11.5 Å². The maximum atomic E-state index is 6.07. The molecular weight excluding hydrogens is 466 g/mol. The van der Waals surface area contributed by atoms with E-state index in [9.17, 15) is 0 Å². The van der Waals surface area contributed by atoms with Crippen molar-refractivity contribution in [2.24, 2.45) is 21.5 Å². The van der Waals surface area contributed by atoms with E-state index in [0.29, 0.717) is 11.7 Å². The van der Waals surface area contributed by atoms with E-state index in [1.54, 1.807) is 6.20 Å². The van der Waals surface area contributed by atoms with Gasteiger partial charge in [-0.1, -0.05) is 109 Å². The number of nitrogens with zero attached hydrogens (tertiary/aromatic N) is 3. The second-order valence-electron chi connectivity index (χ2n) is 8.60. The molecule has 1 aromatic heterocycles. The summed E-state index contributed by atoms with van der Waals surface area (Å²) < 4.78 is 0. The number of amidine groups is 2. The highest BCUT2D eigenvalue weighted by atomic mass is 14.9. The number of aromatic nitrogens is 1. The first-order valence-corrected chi connectivity index (χ1v) is 12.3. The molecule has 38 heavy (non-hydrogen) atoms. The summed E-state index contributed by atoms with van der Waals surface area (Å²) in [6.07, 6.45) is 3.59. The Morgan fingerprint density at radius 2 is 0.947 bits per heavy atom. The zero-order chi connectivity index (χ0) is 26.2. The lowest BCUT2D eigenvalue weighted by Gasteiger charge is -2.04. The summed E-state index contributed by atoms with van der Waals surface area (Å²) in [6.45, 7) is 0. The van der Waals surface area contributed by atoms with Crippen LogP contribution in [0.25, 0.3) is 21.5 Å². The zero-order valence-corrected chi connectivity index (χ0v) is 20.8. The molecule has 0 unspecified atom stereocenters. The van der Waals surface area contributed by atoms with E-state index in [-0.39, 0.29) is 0 Å². The first kappa shape index (κ1) is 24.4. The number of fused-ring (bicyclic) bond motifs is 2. The predicted molar refractivity (Wildman–Crippen MR) is 159 cm³/mol. The fraction of sp³-hybridized carbons (Fsp3) is 0. The average Bonchev–Trinajstić information content (AvgIpc) is 2.99. The Kier molecular flexibility index (Phi) is 7.47. The van der Waals surface area contributed by atoms with Gasteiger partial charge in [-0.3, -0.25) is 4.98 Å². The Balaban J connectivity index is 0.000000155. The van der Waals surface area contributed by atoms with Gasteiger partial charge in [0.2, 0.25) is 0 Å². The molecule has 6 rings (SSSR count). The quantitative estimate of drug-likeness (QED) is 0.202. The van der Waals surface area contributed by atoms with Crippen molar-refractivity contribution in [3.05, 3.63) is 151 Å². The van der Waals surface area contributed by atoms with Gasteiger partial charge < -0.3 is 11.5 Å². The van der Waals surface area contributed by atoms with E-state index in [1.807, 2.05) is 115 Å². The molecule has 0 fully saturated rings. The van der Waals surface area contributed by atoms with Crippen LogP contribution >= 0.6 is 0 Å². The number of nitrogens with two attached hydrogens (primary N) is 2. The lowest BCUT2D eigenvalue weighted by Crippen LogP contribution is -2.12. The second kappa shape index (κ2) is 11.6. The number of pyridine rings is 1. The summed E-state index contributed by atoms with van der Waals surface area (Å²) in [5, 5.41) is 4.40. The van der Waals surface area contributed by atoms with E-state index < -0.39 is 0 Å². The highest BCUT2D eigenvalue weighted by Gasteiger charge is 2.03. The summed E-state index contributed by atoms with van der Waals surface area (Å²) in [5.41, 5.74) is 15.7. The van der Waals surface area contributed by atoms with Crippen molar-refractivity contribution < 1.29 is 0 Å². The van der Waals surface area contributed by atoms with Gasteiger partial charge in [-0.25, -0.2) is 9.98 Å². The molecule has 0 spiro atoms. The summed E-state index contributed by atoms with van der Waals surface area (Å²) in [7, 11) is 0. The van der Waals surface area contributed by atoms with Crippen LogP contribution in [0.5, 0.6) is 0 Å². The monoisotopic (exact) mass is 493 g/mol. The fourth-order valence-corrected chi connectivity index (χ4v) is 4.12. The van der Waals surface area contributed by atoms with Crippen molar-refractivity contribution in [1.82, 2.24) is 4.98 Å². The molecule has 0 aliphatic carbocycles. The number of aliphatic imine (C=N–C) groups is 2. The summed E-state index contributed by atoms with van der Waals surface area (Å²) >= 11 is 0. The Hall–Kier alpha value is -5.29. The molecule has 0 bridgehead atoms. The second-order valence-corrected chi connectivity index (χ2v) is 8.60. The van der Waals surface area contributed by atoms with Crippen LogP contribution in [-0.2, 0) is 0 Å². The molecule has 0 aliphatic rings. The molecule has 5 nitrogen and oxygen atoms in total. The molecule has 5 aromatic carbocycles. The zero-order valence-electron chi connectivity index (χ0n) is 20.8. The van der Waals surface area contributed by atoms with Gasteiger partial charge >= 0.3 is 0 Å². The molecule has 0 saturated heterocycles. The lowest BCUT2D eigenvalue weighted by atomic mass is 10.1. The van der Waals surface area contributed by atoms with Crippen LogP contribution in [0.3, 0.4) is 0 Å². The van der Waals surface area contributed by atoms with Gasteiger partial charge in [0.15, 0.2) is 0 Å². The lowest BCUT2D eigenvalue weighted by molar-refractivity contribution is 1.36. The predicted octanol–water partition coefficient (Wildman–Crippen LogP) is 7.15. The van der Waals surface area contributed by atoms with Crippen molar-refractivity contribution in [2.45, 2.75) is 0 Å². The van der Waals surface area contributed by atoms with E-state index >= 15 is 0 Å². The molecule has 184 valence electrons. The number of benzene rings is 5. The van der Waals surface area contributed by atoms with Gasteiger partial charge in [-0.15, -0.1) is 0 Å². The maximum absolute atomic E-state index is 6.07. The van der Waals surface area contributed by atoms with Crippen molar-refractivity contribution >= 4 is 44.6 Å². The highest BCUT2D eigenvalue weighted by Crippen LogP contribution is 2.26. The van der Waals surface area contributed by atoms with Gasteiger partial charge in [0, 0.05) is 39.7 Å². The fourth-order valence-electron chi connectivity index (χ4n) is 4.12. The Labute approximate surface area is 221 Å². The third-order valence-corrected chi connectivity index (χ3v) is 6.05. The molecule has 0 radical (unpaired) electrons. The molecule has 4 N–H and O–H groups in total. The minimum absolute atomic E-state index is 0.518. The number of rotatable bonds is 4. The first-order chi connectivity index (χ1) is 18.7. The van der Waals surface area contributed by atoms with E-state index in [2.05, 4.69) is 33.2 Å². The maximum Gasteiger partial charge on any atom is 0.131 e. The molecule has 5 heteroatoms. The molecule has 1 heterocycles. The highest BCUT2D eigenvalue weighted by molar-refractivity contribution is 6.03. The summed E-state index contributed by atoms with van der Waals surface area (Å²) in [5.74, 6) is 1.06.